The van der Waals surface area contributed by atoms with Crippen LogP contribution in [0.5, 0.6) is 0 Å². The van der Waals surface area contributed by atoms with Gasteiger partial charge in [0.05, 0.1) is 0 Å². The van der Waals surface area contributed by atoms with Crippen LogP contribution in [-0.2, 0) is 28.6 Å². The number of unbranched alkanes of at least 4 members (excludes halogenated alkanes) is 31. The van der Waals surface area contributed by atoms with E-state index in [2.05, 4.69) is 93.7 Å². The molecule has 0 amide bonds. The Morgan fingerprint density at radius 3 is 0.829 bits per heavy atom. The number of carbonyl (C=O) groups excluding carboxylic acids is 3. The molecule has 0 N–H and O–H groups in total. The van der Waals surface area contributed by atoms with Gasteiger partial charge in [-0.15, -0.1) is 0 Å². The van der Waals surface area contributed by atoms with Gasteiger partial charge in [0.15, 0.2) is 6.10 Å². The minimum absolute atomic E-state index is 0.0896. The Labute approximate surface area is 433 Å². The number of hydrogen-bond donors (Lipinski definition) is 0. The lowest BCUT2D eigenvalue weighted by molar-refractivity contribution is -0.167. The molecule has 0 radical (unpaired) electrons. The first-order valence-electron chi connectivity index (χ1n) is 29.9. The van der Waals surface area contributed by atoms with Gasteiger partial charge in [-0.2, -0.15) is 0 Å². The molecule has 6 nitrogen and oxygen atoms in total. The van der Waals surface area contributed by atoms with E-state index in [0.29, 0.717) is 19.3 Å². The van der Waals surface area contributed by atoms with Crippen molar-refractivity contribution in [2.24, 2.45) is 0 Å². The summed E-state index contributed by atoms with van der Waals surface area (Å²) in [5.74, 6) is -0.922. The molecule has 0 spiro atoms. The van der Waals surface area contributed by atoms with Crippen molar-refractivity contribution in [2.45, 2.75) is 303 Å². The number of allylic oxidation sites excluding steroid dienone is 12. The summed E-state index contributed by atoms with van der Waals surface area (Å²) < 4.78 is 16.9. The van der Waals surface area contributed by atoms with Crippen molar-refractivity contribution in [3.63, 3.8) is 0 Å². The van der Waals surface area contributed by atoms with Gasteiger partial charge in [-0.25, -0.2) is 0 Å². The van der Waals surface area contributed by atoms with Gasteiger partial charge in [-0.3, -0.25) is 14.4 Å². The maximum absolute atomic E-state index is 12.9. The van der Waals surface area contributed by atoms with Crippen LogP contribution in [0.15, 0.2) is 72.9 Å². The van der Waals surface area contributed by atoms with Crippen molar-refractivity contribution < 1.29 is 28.6 Å². The van der Waals surface area contributed by atoms with E-state index >= 15 is 0 Å². The third-order valence-electron chi connectivity index (χ3n) is 12.9. The zero-order valence-electron chi connectivity index (χ0n) is 46.3. The van der Waals surface area contributed by atoms with Crippen LogP contribution in [0.4, 0.5) is 0 Å². The van der Waals surface area contributed by atoms with Gasteiger partial charge >= 0.3 is 17.9 Å². The highest BCUT2D eigenvalue weighted by molar-refractivity contribution is 5.71. The highest BCUT2D eigenvalue weighted by Crippen LogP contribution is 2.16. The van der Waals surface area contributed by atoms with Crippen LogP contribution in [0.2, 0.25) is 0 Å². The molecule has 0 aliphatic carbocycles. The molecule has 70 heavy (non-hydrogen) atoms. The lowest BCUT2D eigenvalue weighted by Gasteiger charge is -2.18. The smallest absolute Gasteiger partial charge is 0.306 e. The van der Waals surface area contributed by atoms with E-state index in [1.807, 2.05) is 0 Å². The molecule has 0 aromatic rings. The average Bonchev–Trinajstić information content (AvgIpc) is 3.36. The van der Waals surface area contributed by atoms with Gasteiger partial charge < -0.3 is 14.2 Å². The van der Waals surface area contributed by atoms with Gasteiger partial charge in [0, 0.05) is 19.3 Å². The highest BCUT2D eigenvalue weighted by atomic mass is 16.6. The van der Waals surface area contributed by atoms with E-state index in [1.54, 1.807) is 0 Å². The fourth-order valence-corrected chi connectivity index (χ4v) is 8.40. The lowest BCUT2D eigenvalue weighted by atomic mass is 10.0. The summed E-state index contributed by atoms with van der Waals surface area (Å²) in [5.41, 5.74) is 0. The summed E-state index contributed by atoms with van der Waals surface area (Å²) >= 11 is 0. The Balaban J connectivity index is 4.44. The van der Waals surface area contributed by atoms with Crippen molar-refractivity contribution in [1.29, 1.82) is 0 Å². The third kappa shape index (κ3) is 55.8. The first kappa shape index (κ1) is 66.9. The number of esters is 3. The van der Waals surface area contributed by atoms with E-state index in [0.717, 1.165) is 109 Å². The predicted molar refractivity (Wildman–Crippen MR) is 302 cm³/mol. The molecule has 0 rings (SSSR count). The van der Waals surface area contributed by atoms with E-state index in [1.165, 1.54) is 148 Å². The molecule has 0 fully saturated rings. The van der Waals surface area contributed by atoms with Crippen molar-refractivity contribution in [3.05, 3.63) is 72.9 Å². The SMILES string of the molecule is CCCCC/C=C/C/C=C/C/C=C/CCCCCCC(=O)OC[C@H](COC(=O)CCCCCCCCCCCCCCCCCCCC)OC(=O)CCCCCC/C=C/C/C=C/C/C=C/CCCCC. The van der Waals surface area contributed by atoms with Crippen LogP contribution in [0, 0.1) is 0 Å². The van der Waals surface area contributed by atoms with Crippen molar-refractivity contribution in [3.8, 4) is 0 Å². The highest BCUT2D eigenvalue weighted by Gasteiger charge is 2.19. The second-order valence-electron chi connectivity index (χ2n) is 19.9. The number of ether oxygens (including phenoxy) is 3. The molecule has 1 atom stereocenters. The van der Waals surface area contributed by atoms with Crippen LogP contribution >= 0.6 is 0 Å². The topological polar surface area (TPSA) is 78.9 Å². The van der Waals surface area contributed by atoms with Crippen molar-refractivity contribution in [1.82, 2.24) is 0 Å². The largest absolute Gasteiger partial charge is 0.462 e. The molecule has 0 heterocycles. The van der Waals surface area contributed by atoms with Crippen LogP contribution in [-0.4, -0.2) is 37.2 Å². The maximum Gasteiger partial charge on any atom is 0.306 e. The van der Waals surface area contributed by atoms with Crippen molar-refractivity contribution in [2.75, 3.05) is 13.2 Å². The average molecular weight is 978 g/mol. The standard InChI is InChI=1S/C64H112O6/c1-4-7-10-13-16-19-22-25-28-31-34-36-39-42-45-48-51-54-57-63(66)69-60-61(70-64(67)58-55-52-49-46-43-40-37-33-30-27-24-21-18-15-12-9-6-3)59-68-62(65)56-53-50-47-44-41-38-35-32-29-26-23-20-17-14-11-8-5-2/h17-18,20-21,26-27,29-30,35,37-38,40,61H,4-16,19,22-25,28,31-34,36,39,41-60H2,1-3H3/b20-17+,21-18+,29-26+,30-27+,38-35+,40-37+/t61-/m1/s1. The summed E-state index contributed by atoms with van der Waals surface area (Å²) in [4.78, 5) is 38.2. The van der Waals surface area contributed by atoms with E-state index in [9.17, 15) is 14.4 Å². The van der Waals surface area contributed by atoms with Gasteiger partial charge in [-0.05, 0) is 96.3 Å². The Morgan fingerprint density at radius 1 is 0.286 bits per heavy atom. The van der Waals surface area contributed by atoms with E-state index in [-0.39, 0.29) is 31.1 Å². The minimum Gasteiger partial charge on any atom is -0.462 e. The van der Waals surface area contributed by atoms with Crippen LogP contribution < -0.4 is 0 Å². The summed E-state index contributed by atoms with van der Waals surface area (Å²) in [6.45, 7) is 6.58. The maximum atomic E-state index is 12.9. The third-order valence-corrected chi connectivity index (χ3v) is 12.9. The lowest BCUT2D eigenvalue weighted by Crippen LogP contribution is -2.30. The summed E-state index contributed by atoms with van der Waals surface area (Å²) in [6.07, 6.45) is 74.6. The molecular weight excluding hydrogens is 865 g/mol. The Hall–Kier alpha value is -3.15. The van der Waals surface area contributed by atoms with Crippen LogP contribution in [0.1, 0.15) is 297 Å². The van der Waals surface area contributed by atoms with E-state index < -0.39 is 6.10 Å². The van der Waals surface area contributed by atoms with Gasteiger partial charge in [0.1, 0.15) is 13.2 Å². The molecule has 404 valence electrons. The summed E-state index contributed by atoms with van der Waals surface area (Å²) in [7, 11) is 0. The second kappa shape index (κ2) is 58.4. The fourth-order valence-electron chi connectivity index (χ4n) is 8.40. The molecule has 6 heteroatoms. The fraction of sp³-hybridized carbons (Fsp3) is 0.766. The van der Waals surface area contributed by atoms with Crippen LogP contribution in [0.3, 0.4) is 0 Å². The number of carbonyl (C=O) groups is 3. The Kier molecular flexibility index (Phi) is 55.8. The molecule has 0 saturated heterocycles. The molecular formula is C64H112O6. The Morgan fingerprint density at radius 2 is 0.514 bits per heavy atom. The van der Waals surface area contributed by atoms with Gasteiger partial charge in [-0.1, -0.05) is 254 Å². The van der Waals surface area contributed by atoms with Gasteiger partial charge in [0.2, 0.25) is 0 Å². The molecule has 0 aliphatic rings. The number of rotatable bonds is 54. The second-order valence-corrected chi connectivity index (χ2v) is 19.9. The minimum atomic E-state index is -0.796. The monoisotopic (exact) mass is 977 g/mol. The summed E-state index contributed by atoms with van der Waals surface area (Å²) in [6, 6.07) is 0. The number of hydrogen-bond acceptors (Lipinski definition) is 6. The molecule has 0 aromatic carbocycles. The normalized spacial score (nSPS) is 12.6. The molecule has 0 unspecified atom stereocenters. The predicted octanol–water partition coefficient (Wildman–Crippen LogP) is 20.2. The molecule has 0 aromatic heterocycles. The quantitative estimate of drug-likeness (QED) is 0.0261. The van der Waals surface area contributed by atoms with Gasteiger partial charge in [0.25, 0.3) is 0 Å². The Bertz CT molecular complexity index is 1310. The zero-order chi connectivity index (χ0) is 50.7. The molecule has 0 saturated carbocycles. The van der Waals surface area contributed by atoms with Crippen molar-refractivity contribution >= 4 is 17.9 Å². The first-order chi connectivity index (χ1) is 34.5. The van der Waals surface area contributed by atoms with E-state index in [4.69, 9.17) is 14.2 Å². The summed E-state index contributed by atoms with van der Waals surface area (Å²) in [5, 5.41) is 0. The van der Waals surface area contributed by atoms with Crippen LogP contribution in [0.25, 0.3) is 0 Å². The molecule has 0 aliphatic heterocycles. The first-order valence-corrected chi connectivity index (χ1v) is 29.9. The zero-order valence-corrected chi connectivity index (χ0v) is 46.3. The molecule has 0 bridgehead atoms.